The van der Waals surface area contributed by atoms with E-state index >= 15 is 0 Å². The summed E-state index contributed by atoms with van der Waals surface area (Å²) >= 11 is 0. The number of aromatic carboxylic acids is 1. The van der Waals surface area contributed by atoms with Gasteiger partial charge in [-0.2, -0.15) is 5.26 Å². The zero-order valence-electron chi connectivity index (χ0n) is 13.8. The summed E-state index contributed by atoms with van der Waals surface area (Å²) < 4.78 is 0. The molecule has 1 aromatic heterocycles. The molecule has 1 aromatic carbocycles. The molecular weight excluding hydrogens is 318 g/mol. The van der Waals surface area contributed by atoms with Crippen molar-refractivity contribution in [2.75, 3.05) is 13.1 Å². The lowest BCUT2D eigenvalue weighted by Gasteiger charge is -2.20. The highest BCUT2D eigenvalue weighted by Crippen LogP contribution is 2.19. The molecule has 1 aliphatic rings. The lowest BCUT2D eigenvalue weighted by atomic mass is 10.0. The zero-order valence-corrected chi connectivity index (χ0v) is 13.8. The Labute approximate surface area is 145 Å². The van der Waals surface area contributed by atoms with Gasteiger partial charge in [-0.05, 0) is 43.2 Å². The van der Waals surface area contributed by atoms with Crippen molar-refractivity contribution in [3.63, 3.8) is 0 Å². The Morgan fingerprint density at radius 3 is 2.72 bits per heavy atom. The van der Waals surface area contributed by atoms with Crippen LogP contribution in [0.4, 0.5) is 0 Å². The lowest BCUT2D eigenvalue weighted by molar-refractivity contribution is 0.0694. The van der Waals surface area contributed by atoms with E-state index in [1.54, 1.807) is 42.2 Å². The van der Waals surface area contributed by atoms with Gasteiger partial charge in [-0.3, -0.25) is 9.78 Å². The lowest BCUT2D eigenvalue weighted by Crippen LogP contribution is -2.33. The molecule has 126 valence electrons. The van der Waals surface area contributed by atoms with Gasteiger partial charge in [0.25, 0.3) is 5.91 Å². The number of aryl methyl sites for hydroxylation is 1. The van der Waals surface area contributed by atoms with Crippen LogP contribution in [-0.2, 0) is 12.8 Å². The summed E-state index contributed by atoms with van der Waals surface area (Å²) in [6, 6.07) is 10.4. The number of nitrogens with zero attached hydrogens (tertiary/aromatic N) is 3. The molecular formula is C19H17N3O3. The summed E-state index contributed by atoms with van der Waals surface area (Å²) in [7, 11) is 0. The maximum absolute atomic E-state index is 12.7. The van der Waals surface area contributed by atoms with Gasteiger partial charge in [0, 0.05) is 30.8 Å². The second-order valence-corrected chi connectivity index (χ2v) is 6.02. The third kappa shape index (κ3) is 3.36. The topological polar surface area (TPSA) is 94.3 Å². The standard InChI is InChI=1S/C19H17N3O3/c1-12-16(19(24)25)10-14-5-7-22(8-6-17(14)21-12)18(23)15-4-2-3-13(9-15)11-20/h2-4,9-10H,5-8H2,1H3,(H,24,25). The van der Waals surface area contributed by atoms with Crippen molar-refractivity contribution in [3.8, 4) is 6.07 Å². The molecule has 3 rings (SSSR count). The number of hydrogen-bond acceptors (Lipinski definition) is 4. The molecule has 1 aliphatic heterocycles. The van der Waals surface area contributed by atoms with Crippen molar-refractivity contribution >= 4 is 11.9 Å². The number of carboxylic acids is 1. The smallest absolute Gasteiger partial charge is 0.337 e. The maximum Gasteiger partial charge on any atom is 0.337 e. The first-order valence-electron chi connectivity index (χ1n) is 8.01. The van der Waals surface area contributed by atoms with E-state index in [1.807, 2.05) is 6.07 Å². The van der Waals surface area contributed by atoms with E-state index in [4.69, 9.17) is 5.26 Å². The third-order valence-corrected chi connectivity index (χ3v) is 4.41. The van der Waals surface area contributed by atoms with Crippen molar-refractivity contribution in [3.05, 3.63) is 64.0 Å². The number of nitriles is 1. The molecule has 2 heterocycles. The second-order valence-electron chi connectivity index (χ2n) is 6.02. The molecule has 0 unspecified atom stereocenters. The number of fused-ring (bicyclic) bond motifs is 1. The Kier molecular flexibility index (Phi) is 4.48. The minimum atomic E-state index is -0.988. The van der Waals surface area contributed by atoms with Gasteiger partial charge in [-0.1, -0.05) is 6.07 Å². The molecule has 2 aromatic rings. The van der Waals surface area contributed by atoms with Crippen LogP contribution >= 0.6 is 0 Å². The van der Waals surface area contributed by atoms with E-state index in [-0.39, 0.29) is 11.5 Å². The Bertz CT molecular complexity index is 899. The van der Waals surface area contributed by atoms with Gasteiger partial charge in [0.1, 0.15) is 0 Å². The highest BCUT2D eigenvalue weighted by molar-refractivity contribution is 5.94. The molecule has 25 heavy (non-hydrogen) atoms. The van der Waals surface area contributed by atoms with Crippen molar-refractivity contribution in [2.45, 2.75) is 19.8 Å². The van der Waals surface area contributed by atoms with Crippen LogP contribution in [0.3, 0.4) is 0 Å². The van der Waals surface area contributed by atoms with Crippen molar-refractivity contribution in [1.29, 1.82) is 5.26 Å². The molecule has 1 amide bonds. The first-order chi connectivity index (χ1) is 12.0. The van der Waals surface area contributed by atoms with Crippen LogP contribution in [0.25, 0.3) is 0 Å². The van der Waals surface area contributed by atoms with Crippen LogP contribution in [0, 0.1) is 18.3 Å². The fraction of sp³-hybridized carbons (Fsp3) is 0.263. The first-order valence-corrected chi connectivity index (χ1v) is 8.01. The normalized spacial score (nSPS) is 13.5. The second kappa shape index (κ2) is 6.73. The fourth-order valence-electron chi connectivity index (χ4n) is 3.06. The maximum atomic E-state index is 12.7. The monoisotopic (exact) mass is 335 g/mol. The predicted molar refractivity (Wildman–Crippen MR) is 90.4 cm³/mol. The SMILES string of the molecule is Cc1nc2c(cc1C(=O)O)CCN(C(=O)c1cccc(C#N)c1)CC2. The minimum absolute atomic E-state index is 0.125. The first kappa shape index (κ1) is 16.7. The Balaban J connectivity index is 1.83. The van der Waals surface area contributed by atoms with Gasteiger partial charge in [0.2, 0.25) is 0 Å². The molecule has 6 nitrogen and oxygen atoms in total. The third-order valence-electron chi connectivity index (χ3n) is 4.41. The average molecular weight is 335 g/mol. The van der Waals surface area contributed by atoms with Gasteiger partial charge in [-0.15, -0.1) is 0 Å². The van der Waals surface area contributed by atoms with E-state index in [0.717, 1.165) is 11.3 Å². The Hall–Kier alpha value is -3.20. The van der Waals surface area contributed by atoms with Gasteiger partial charge < -0.3 is 10.0 Å². The summed E-state index contributed by atoms with van der Waals surface area (Å²) in [6.07, 6.45) is 1.15. The van der Waals surface area contributed by atoms with Crippen LogP contribution in [0.5, 0.6) is 0 Å². The van der Waals surface area contributed by atoms with Gasteiger partial charge >= 0.3 is 5.97 Å². The van der Waals surface area contributed by atoms with Crippen molar-refractivity contribution < 1.29 is 14.7 Å². The summed E-state index contributed by atoms with van der Waals surface area (Å²) in [5.41, 5.74) is 3.37. The van der Waals surface area contributed by atoms with E-state index in [0.29, 0.717) is 42.8 Å². The zero-order chi connectivity index (χ0) is 18.0. The number of aromatic nitrogens is 1. The highest BCUT2D eigenvalue weighted by Gasteiger charge is 2.22. The molecule has 0 saturated carbocycles. The number of rotatable bonds is 2. The van der Waals surface area contributed by atoms with Gasteiger partial charge in [-0.25, -0.2) is 4.79 Å². The summed E-state index contributed by atoms with van der Waals surface area (Å²) in [5, 5.41) is 18.2. The van der Waals surface area contributed by atoms with Crippen LogP contribution in [-0.4, -0.2) is 40.0 Å². The van der Waals surface area contributed by atoms with Crippen LogP contribution in [0.1, 0.15) is 43.2 Å². The van der Waals surface area contributed by atoms with Gasteiger partial charge in [0.15, 0.2) is 0 Å². The van der Waals surface area contributed by atoms with Crippen LogP contribution < -0.4 is 0 Å². The van der Waals surface area contributed by atoms with E-state index in [9.17, 15) is 14.7 Å². The molecule has 0 bridgehead atoms. The van der Waals surface area contributed by atoms with E-state index in [1.165, 1.54) is 0 Å². The molecule has 0 radical (unpaired) electrons. The molecule has 0 saturated heterocycles. The summed E-state index contributed by atoms with van der Waals surface area (Å²) in [4.78, 5) is 30.2. The average Bonchev–Trinajstić information content (AvgIpc) is 2.82. The van der Waals surface area contributed by atoms with E-state index < -0.39 is 5.97 Å². The largest absolute Gasteiger partial charge is 0.478 e. The number of benzene rings is 1. The molecule has 0 aliphatic carbocycles. The number of pyridine rings is 1. The van der Waals surface area contributed by atoms with E-state index in [2.05, 4.69) is 4.98 Å². The predicted octanol–water partition coefficient (Wildman–Crippen LogP) is 2.20. The number of hydrogen-bond donors (Lipinski definition) is 1. The summed E-state index contributed by atoms with van der Waals surface area (Å²) in [5.74, 6) is -1.11. The Morgan fingerprint density at radius 2 is 2.00 bits per heavy atom. The van der Waals surface area contributed by atoms with Crippen molar-refractivity contribution in [2.24, 2.45) is 0 Å². The number of carbonyl (C=O) groups is 2. The fourth-order valence-corrected chi connectivity index (χ4v) is 3.06. The minimum Gasteiger partial charge on any atom is -0.478 e. The molecule has 0 spiro atoms. The van der Waals surface area contributed by atoms with Crippen molar-refractivity contribution in [1.82, 2.24) is 9.88 Å². The number of amides is 1. The summed E-state index contributed by atoms with van der Waals surface area (Å²) in [6.45, 7) is 2.69. The highest BCUT2D eigenvalue weighted by atomic mass is 16.4. The molecule has 6 heteroatoms. The van der Waals surface area contributed by atoms with Gasteiger partial charge in [0.05, 0.1) is 22.9 Å². The Morgan fingerprint density at radius 1 is 1.24 bits per heavy atom. The van der Waals surface area contributed by atoms with Crippen LogP contribution in [0.2, 0.25) is 0 Å². The number of carboxylic acid groups (broad SMARTS) is 1. The molecule has 0 atom stereocenters. The van der Waals surface area contributed by atoms with Crippen LogP contribution in [0.15, 0.2) is 30.3 Å². The molecule has 0 fully saturated rings. The quantitative estimate of drug-likeness (QED) is 0.908. The number of carbonyl (C=O) groups excluding carboxylic acids is 1. The molecule has 1 N–H and O–H groups in total.